The molecule has 1 aliphatic carbocycles. The highest BCUT2D eigenvalue weighted by Crippen LogP contribution is 2.18. The van der Waals surface area contributed by atoms with Crippen molar-refractivity contribution in [2.75, 3.05) is 14.2 Å². The van der Waals surface area contributed by atoms with E-state index in [1.54, 1.807) is 19.3 Å². The van der Waals surface area contributed by atoms with Crippen LogP contribution in [0, 0.1) is 0 Å². The highest BCUT2D eigenvalue weighted by molar-refractivity contribution is 5.82. The molecule has 3 heteroatoms. The Kier molecular flexibility index (Phi) is 7.10. The summed E-state index contributed by atoms with van der Waals surface area (Å²) < 4.78 is 9.64. The molecule has 0 aliphatic heterocycles. The Bertz CT molecular complexity index is 442. The predicted molar refractivity (Wildman–Crippen MR) is 77.0 cm³/mol. The van der Waals surface area contributed by atoms with Crippen LogP contribution in [0.5, 0.6) is 5.75 Å². The van der Waals surface area contributed by atoms with Crippen LogP contribution in [0.15, 0.2) is 42.5 Å². The SMILES string of the molecule is C1CC1.COC(=O)C=CC=Cc1ccccc1OC. The quantitative estimate of drug-likeness (QED) is 0.471. The normalized spacial score (nSPS) is 12.9. The van der Waals surface area contributed by atoms with Gasteiger partial charge in [-0.05, 0) is 6.07 Å². The van der Waals surface area contributed by atoms with Gasteiger partial charge in [0.05, 0.1) is 14.2 Å². The number of carbonyl (C=O) groups is 1. The molecule has 0 amide bonds. The van der Waals surface area contributed by atoms with Gasteiger partial charge in [0.2, 0.25) is 0 Å². The number of hydrogen-bond acceptors (Lipinski definition) is 3. The van der Waals surface area contributed by atoms with Crippen LogP contribution in [0.25, 0.3) is 6.08 Å². The van der Waals surface area contributed by atoms with Crippen LogP contribution in [-0.2, 0) is 9.53 Å². The predicted octanol–water partition coefficient (Wildman–Crippen LogP) is 3.61. The van der Waals surface area contributed by atoms with E-state index in [0.29, 0.717) is 0 Å². The second-order valence-electron chi connectivity index (χ2n) is 4.04. The van der Waals surface area contributed by atoms with Crippen molar-refractivity contribution < 1.29 is 14.3 Å². The lowest BCUT2D eigenvalue weighted by Crippen LogP contribution is -1.92. The highest BCUT2D eigenvalue weighted by Gasteiger charge is 1.95. The summed E-state index contributed by atoms with van der Waals surface area (Å²) in [6.45, 7) is 0. The maximum absolute atomic E-state index is 10.8. The lowest BCUT2D eigenvalue weighted by molar-refractivity contribution is -0.134. The van der Waals surface area contributed by atoms with E-state index in [1.165, 1.54) is 32.4 Å². The summed E-state index contributed by atoms with van der Waals surface area (Å²) >= 11 is 0. The third kappa shape index (κ3) is 7.09. The molecule has 0 N–H and O–H groups in total. The average molecular weight is 260 g/mol. The van der Waals surface area contributed by atoms with E-state index in [9.17, 15) is 4.79 Å². The van der Waals surface area contributed by atoms with Gasteiger partial charge in [0.15, 0.2) is 0 Å². The fourth-order valence-electron chi connectivity index (χ4n) is 1.17. The molecule has 19 heavy (non-hydrogen) atoms. The summed E-state index contributed by atoms with van der Waals surface area (Å²) in [6.07, 6.45) is 11.1. The Morgan fingerprint density at radius 2 is 1.79 bits per heavy atom. The minimum absolute atomic E-state index is 0.371. The van der Waals surface area contributed by atoms with E-state index in [2.05, 4.69) is 4.74 Å². The van der Waals surface area contributed by atoms with Crippen molar-refractivity contribution in [1.82, 2.24) is 0 Å². The molecule has 0 unspecified atom stereocenters. The van der Waals surface area contributed by atoms with E-state index in [0.717, 1.165) is 11.3 Å². The number of esters is 1. The number of hydrogen-bond donors (Lipinski definition) is 0. The van der Waals surface area contributed by atoms with Crippen molar-refractivity contribution in [3.63, 3.8) is 0 Å². The Hall–Kier alpha value is -2.03. The fraction of sp³-hybridized carbons (Fsp3) is 0.312. The Balaban J connectivity index is 0.000000524. The van der Waals surface area contributed by atoms with Crippen LogP contribution in [-0.4, -0.2) is 20.2 Å². The van der Waals surface area contributed by atoms with Crippen LogP contribution in [0.2, 0.25) is 0 Å². The monoisotopic (exact) mass is 260 g/mol. The van der Waals surface area contributed by atoms with Crippen molar-refractivity contribution in [2.45, 2.75) is 19.3 Å². The van der Waals surface area contributed by atoms with Gasteiger partial charge in [0.25, 0.3) is 0 Å². The number of para-hydroxylation sites is 1. The Labute approximate surface area is 114 Å². The maximum atomic E-state index is 10.8. The van der Waals surface area contributed by atoms with Gasteiger partial charge in [-0.15, -0.1) is 0 Å². The standard InChI is InChI=1S/C13H14O3.C3H6/c1-15-12-9-5-3-7-11(12)8-4-6-10-13(14)16-2;1-2-3-1/h3-10H,1-2H3;1-3H2. The van der Waals surface area contributed by atoms with Crippen LogP contribution in [0.1, 0.15) is 24.8 Å². The highest BCUT2D eigenvalue weighted by atomic mass is 16.5. The molecule has 1 fully saturated rings. The van der Waals surface area contributed by atoms with Crippen molar-refractivity contribution in [3.8, 4) is 5.75 Å². The molecule has 3 nitrogen and oxygen atoms in total. The first kappa shape index (κ1) is 15.0. The maximum Gasteiger partial charge on any atom is 0.330 e. The van der Waals surface area contributed by atoms with Crippen LogP contribution in [0.4, 0.5) is 0 Å². The molecule has 0 atom stereocenters. The summed E-state index contributed by atoms with van der Waals surface area (Å²) in [4.78, 5) is 10.8. The lowest BCUT2D eigenvalue weighted by atomic mass is 10.2. The molecule has 0 radical (unpaired) electrons. The molecular weight excluding hydrogens is 240 g/mol. The van der Waals surface area contributed by atoms with Crippen molar-refractivity contribution in [1.29, 1.82) is 0 Å². The summed E-state index contributed by atoms with van der Waals surface area (Å²) in [5.74, 6) is 0.426. The number of rotatable bonds is 4. The Morgan fingerprint density at radius 3 is 2.37 bits per heavy atom. The van der Waals surface area contributed by atoms with Gasteiger partial charge >= 0.3 is 5.97 Å². The van der Waals surface area contributed by atoms with Gasteiger partial charge in [0, 0.05) is 11.6 Å². The van der Waals surface area contributed by atoms with Gasteiger partial charge in [-0.2, -0.15) is 0 Å². The second-order valence-corrected chi connectivity index (χ2v) is 4.04. The van der Waals surface area contributed by atoms with Gasteiger partial charge < -0.3 is 9.47 Å². The second kappa shape index (κ2) is 8.97. The van der Waals surface area contributed by atoms with Gasteiger partial charge in [0.1, 0.15) is 5.75 Å². The molecule has 0 saturated heterocycles. The van der Waals surface area contributed by atoms with Crippen molar-refractivity contribution in [2.24, 2.45) is 0 Å². The molecule has 2 rings (SSSR count). The molecule has 0 heterocycles. The lowest BCUT2D eigenvalue weighted by Gasteiger charge is -2.02. The van der Waals surface area contributed by atoms with E-state index < -0.39 is 0 Å². The van der Waals surface area contributed by atoms with E-state index >= 15 is 0 Å². The third-order valence-corrected chi connectivity index (χ3v) is 2.31. The summed E-state index contributed by atoms with van der Waals surface area (Å²) in [7, 11) is 2.97. The zero-order valence-electron chi connectivity index (χ0n) is 11.5. The van der Waals surface area contributed by atoms with Crippen molar-refractivity contribution in [3.05, 3.63) is 48.1 Å². The van der Waals surface area contributed by atoms with E-state index in [4.69, 9.17) is 4.74 Å². The number of methoxy groups -OCH3 is 2. The van der Waals surface area contributed by atoms with Crippen molar-refractivity contribution >= 4 is 12.0 Å². The number of carbonyl (C=O) groups excluding carboxylic acids is 1. The molecule has 0 spiro atoms. The van der Waals surface area contributed by atoms with Crippen LogP contribution >= 0.6 is 0 Å². The largest absolute Gasteiger partial charge is 0.496 e. The minimum Gasteiger partial charge on any atom is -0.496 e. The summed E-state index contributed by atoms with van der Waals surface area (Å²) in [5.41, 5.74) is 0.958. The van der Waals surface area contributed by atoms with Gasteiger partial charge in [-0.1, -0.05) is 55.7 Å². The van der Waals surface area contributed by atoms with Gasteiger partial charge in [-0.25, -0.2) is 4.79 Å². The number of ether oxygens (including phenoxy) is 2. The van der Waals surface area contributed by atoms with E-state index in [1.807, 2.05) is 30.3 Å². The summed E-state index contributed by atoms with van der Waals surface area (Å²) in [6, 6.07) is 7.64. The number of benzene rings is 1. The first-order valence-electron chi connectivity index (χ1n) is 6.33. The van der Waals surface area contributed by atoms with Crippen LogP contribution < -0.4 is 4.74 Å². The molecule has 0 aromatic heterocycles. The zero-order chi connectivity index (χ0) is 13.9. The first-order valence-corrected chi connectivity index (χ1v) is 6.33. The molecule has 1 aromatic carbocycles. The molecule has 1 aliphatic rings. The molecular formula is C16H20O3. The smallest absolute Gasteiger partial charge is 0.330 e. The Morgan fingerprint density at radius 1 is 1.11 bits per heavy atom. The molecule has 1 saturated carbocycles. The zero-order valence-corrected chi connectivity index (χ0v) is 11.5. The van der Waals surface area contributed by atoms with Crippen LogP contribution in [0.3, 0.4) is 0 Å². The van der Waals surface area contributed by atoms with Gasteiger partial charge in [-0.3, -0.25) is 0 Å². The third-order valence-electron chi connectivity index (χ3n) is 2.31. The van der Waals surface area contributed by atoms with E-state index in [-0.39, 0.29) is 5.97 Å². The summed E-state index contributed by atoms with van der Waals surface area (Å²) in [5, 5.41) is 0. The molecule has 102 valence electrons. The number of allylic oxidation sites excluding steroid dienone is 2. The minimum atomic E-state index is -0.371. The molecule has 1 aromatic rings. The topological polar surface area (TPSA) is 35.5 Å². The fourth-order valence-corrected chi connectivity index (χ4v) is 1.17. The average Bonchev–Trinajstić information content (AvgIpc) is 3.32. The first-order chi connectivity index (χ1) is 9.27. The molecule has 0 bridgehead atoms.